The van der Waals surface area contributed by atoms with Gasteiger partial charge in [-0.1, -0.05) is 12.7 Å². The van der Waals surface area contributed by atoms with E-state index in [1.807, 2.05) is 0 Å². The molecule has 0 aliphatic carbocycles. The highest BCUT2D eigenvalue weighted by molar-refractivity contribution is 6.10. The minimum Gasteiger partial charge on any atom is -0.386 e. The van der Waals surface area contributed by atoms with E-state index in [1.54, 1.807) is 0 Å². The van der Waals surface area contributed by atoms with Crippen LogP contribution in [-0.4, -0.2) is 11.9 Å². The highest BCUT2D eigenvalue weighted by atomic mass is 16.6. The Balaban J connectivity index is 2.93. The molecule has 0 saturated carbocycles. The maximum atomic E-state index is 10.4. The van der Waals surface area contributed by atoms with E-state index in [2.05, 4.69) is 11.3 Å². The van der Waals surface area contributed by atoms with Gasteiger partial charge in [-0.3, -0.25) is 0 Å². The first-order valence-electron chi connectivity index (χ1n) is 2.34. The summed E-state index contributed by atoms with van der Waals surface area (Å²) in [6, 6.07) is 0. The van der Waals surface area contributed by atoms with Crippen LogP contribution in [-0.2, 0) is 14.3 Å². The van der Waals surface area contributed by atoms with Crippen LogP contribution in [0, 0.1) is 0 Å². The Morgan fingerprint density at radius 3 is 2.44 bits per heavy atom. The molecule has 9 heavy (non-hydrogen) atoms. The summed E-state index contributed by atoms with van der Waals surface area (Å²) in [6.45, 7) is 3.31. The first-order valence-corrected chi connectivity index (χ1v) is 2.34. The van der Waals surface area contributed by atoms with Gasteiger partial charge in [-0.05, 0) is 0 Å². The largest absolute Gasteiger partial charge is 0.386 e. The molecule has 0 bridgehead atoms. The fourth-order valence-electron chi connectivity index (χ4n) is 0.508. The molecular weight excluding hydrogens is 120 g/mol. The first-order chi connectivity index (χ1) is 4.24. The number of hydrogen-bond donors (Lipinski definition) is 0. The number of hydrogen-bond acceptors (Lipinski definition) is 3. The van der Waals surface area contributed by atoms with Crippen molar-refractivity contribution in [3.8, 4) is 0 Å². The van der Waals surface area contributed by atoms with E-state index in [1.165, 1.54) is 6.08 Å². The zero-order valence-corrected chi connectivity index (χ0v) is 4.59. The third-order valence-electron chi connectivity index (χ3n) is 0.922. The molecule has 1 aliphatic rings. The van der Waals surface area contributed by atoms with Gasteiger partial charge in [0.2, 0.25) is 0 Å². The standard InChI is InChI=1S/C6H4O3/c1-2-4-3-5(7)9-6(4)8/h2-3H,1H2. The van der Waals surface area contributed by atoms with Gasteiger partial charge >= 0.3 is 11.9 Å². The van der Waals surface area contributed by atoms with E-state index in [0.717, 1.165) is 6.08 Å². The highest BCUT2D eigenvalue weighted by Gasteiger charge is 2.20. The number of ether oxygens (including phenoxy) is 1. The lowest BCUT2D eigenvalue weighted by Crippen LogP contribution is -1.99. The number of esters is 2. The van der Waals surface area contributed by atoms with Gasteiger partial charge in [-0.2, -0.15) is 0 Å². The summed E-state index contributed by atoms with van der Waals surface area (Å²) in [6.07, 6.45) is 2.39. The molecule has 46 valence electrons. The van der Waals surface area contributed by atoms with Crippen LogP contribution in [0.2, 0.25) is 0 Å². The molecule has 0 aromatic rings. The number of carbonyl (C=O) groups excluding carboxylic acids is 2. The third-order valence-corrected chi connectivity index (χ3v) is 0.922. The van der Waals surface area contributed by atoms with Crippen LogP contribution >= 0.6 is 0 Å². The SMILES string of the molecule is C=CC1=CC(=O)OC1=O. The van der Waals surface area contributed by atoms with Crippen molar-refractivity contribution in [2.75, 3.05) is 0 Å². The molecule has 0 fully saturated rings. The van der Waals surface area contributed by atoms with Crippen molar-refractivity contribution in [2.24, 2.45) is 0 Å². The molecular formula is C6H4O3. The Bertz CT molecular complexity index is 212. The van der Waals surface area contributed by atoms with Gasteiger partial charge in [0, 0.05) is 6.08 Å². The summed E-state index contributed by atoms with van der Waals surface area (Å²) in [5.74, 6) is -1.23. The fourth-order valence-corrected chi connectivity index (χ4v) is 0.508. The van der Waals surface area contributed by atoms with E-state index < -0.39 is 11.9 Å². The van der Waals surface area contributed by atoms with Gasteiger partial charge in [-0.15, -0.1) is 0 Å². The first kappa shape index (κ1) is 5.75. The van der Waals surface area contributed by atoms with Gasteiger partial charge < -0.3 is 4.74 Å². The van der Waals surface area contributed by atoms with Gasteiger partial charge in [0.1, 0.15) is 0 Å². The van der Waals surface area contributed by atoms with Crippen molar-refractivity contribution in [2.45, 2.75) is 0 Å². The molecule has 0 amide bonds. The summed E-state index contributed by atoms with van der Waals surface area (Å²) in [5.41, 5.74) is 0.222. The molecule has 1 rings (SSSR count). The maximum Gasteiger partial charge on any atom is 0.346 e. The zero-order chi connectivity index (χ0) is 6.85. The molecule has 0 spiro atoms. The van der Waals surface area contributed by atoms with Crippen LogP contribution in [0.5, 0.6) is 0 Å². The lowest BCUT2D eigenvalue weighted by molar-refractivity contribution is -0.150. The van der Waals surface area contributed by atoms with Crippen LogP contribution in [0.15, 0.2) is 24.3 Å². The minimum absolute atomic E-state index is 0.222. The van der Waals surface area contributed by atoms with Gasteiger partial charge in [0.05, 0.1) is 5.57 Å². The normalized spacial score (nSPS) is 17.1. The number of carbonyl (C=O) groups is 2. The highest BCUT2D eigenvalue weighted by Crippen LogP contribution is 2.07. The van der Waals surface area contributed by atoms with E-state index in [9.17, 15) is 9.59 Å². The Morgan fingerprint density at radius 1 is 1.56 bits per heavy atom. The Hall–Kier alpha value is -1.38. The maximum absolute atomic E-state index is 10.4. The Labute approximate surface area is 51.6 Å². The van der Waals surface area contributed by atoms with Crippen LogP contribution < -0.4 is 0 Å². The number of cyclic esters (lactones) is 2. The summed E-state index contributed by atoms with van der Waals surface area (Å²) < 4.78 is 4.12. The third kappa shape index (κ3) is 0.887. The number of rotatable bonds is 1. The predicted octanol–water partition coefficient (Wildman–Crippen LogP) is 0.182. The van der Waals surface area contributed by atoms with Gasteiger partial charge in [-0.25, -0.2) is 9.59 Å². The molecule has 0 atom stereocenters. The topological polar surface area (TPSA) is 43.4 Å². The molecule has 1 aliphatic heterocycles. The van der Waals surface area contributed by atoms with Crippen LogP contribution in [0.4, 0.5) is 0 Å². The van der Waals surface area contributed by atoms with E-state index >= 15 is 0 Å². The average molecular weight is 124 g/mol. The molecule has 3 nitrogen and oxygen atoms in total. The van der Waals surface area contributed by atoms with Crippen molar-refractivity contribution in [3.05, 3.63) is 24.3 Å². The molecule has 0 unspecified atom stereocenters. The van der Waals surface area contributed by atoms with Crippen molar-refractivity contribution in [1.29, 1.82) is 0 Å². The second kappa shape index (κ2) is 1.85. The quantitative estimate of drug-likeness (QED) is 0.370. The van der Waals surface area contributed by atoms with Crippen LogP contribution in [0.3, 0.4) is 0 Å². The van der Waals surface area contributed by atoms with Crippen LogP contribution in [0.1, 0.15) is 0 Å². The predicted molar refractivity (Wildman–Crippen MR) is 29.4 cm³/mol. The van der Waals surface area contributed by atoms with Gasteiger partial charge in [0.15, 0.2) is 0 Å². The molecule has 0 N–H and O–H groups in total. The zero-order valence-electron chi connectivity index (χ0n) is 4.59. The van der Waals surface area contributed by atoms with E-state index in [0.29, 0.717) is 0 Å². The summed E-state index contributed by atoms with van der Waals surface area (Å²) >= 11 is 0. The summed E-state index contributed by atoms with van der Waals surface area (Å²) in [7, 11) is 0. The summed E-state index contributed by atoms with van der Waals surface area (Å²) in [5, 5.41) is 0. The minimum atomic E-state index is -0.616. The van der Waals surface area contributed by atoms with Crippen LogP contribution in [0.25, 0.3) is 0 Å². The molecule has 1 heterocycles. The lowest BCUT2D eigenvalue weighted by atomic mass is 10.3. The monoisotopic (exact) mass is 124 g/mol. The molecule has 0 radical (unpaired) electrons. The average Bonchev–Trinajstić information content (AvgIpc) is 2.10. The fraction of sp³-hybridized carbons (Fsp3) is 0. The molecule has 3 heteroatoms. The smallest absolute Gasteiger partial charge is 0.346 e. The lowest BCUT2D eigenvalue weighted by Gasteiger charge is -1.85. The Kier molecular flexibility index (Phi) is 1.18. The van der Waals surface area contributed by atoms with Crippen molar-refractivity contribution in [1.82, 2.24) is 0 Å². The summed E-state index contributed by atoms with van der Waals surface area (Å²) in [4.78, 5) is 20.7. The van der Waals surface area contributed by atoms with Gasteiger partial charge in [0.25, 0.3) is 0 Å². The Morgan fingerprint density at radius 2 is 2.22 bits per heavy atom. The molecule has 0 aromatic carbocycles. The molecule has 0 aromatic heterocycles. The van der Waals surface area contributed by atoms with E-state index in [4.69, 9.17) is 0 Å². The van der Waals surface area contributed by atoms with Crippen molar-refractivity contribution in [3.63, 3.8) is 0 Å². The van der Waals surface area contributed by atoms with E-state index in [-0.39, 0.29) is 5.57 Å². The second-order valence-corrected chi connectivity index (χ2v) is 1.51. The van der Waals surface area contributed by atoms with Crippen molar-refractivity contribution >= 4 is 11.9 Å². The molecule has 0 saturated heterocycles. The second-order valence-electron chi connectivity index (χ2n) is 1.51. The van der Waals surface area contributed by atoms with Crippen molar-refractivity contribution < 1.29 is 14.3 Å².